The van der Waals surface area contributed by atoms with Crippen LogP contribution in [0.4, 0.5) is 0 Å². The van der Waals surface area contributed by atoms with Crippen LogP contribution >= 0.6 is 0 Å². The smallest absolute Gasteiger partial charge is 0.308 e. The summed E-state index contributed by atoms with van der Waals surface area (Å²) in [6, 6.07) is 0. The van der Waals surface area contributed by atoms with Gasteiger partial charge in [-0.25, -0.2) is 0 Å². The van der Waals surface area contributed by atoms with Crippen molar-refractivity contribution in [2.75, 3.05) is 6.61 Å². The number of allylic oxidation sites excluding steroid dienone is 1. The second-order valence-electron chi connectivity index (χ2n) is 17.4. The van der Waals surface area contributed by atoms with Crippen LogP contribution in [-0.4, -0.2) is 64.7 Å². The fourth-order valence-corrected chi connectivity index (χ4v) is 11.2. The van der Waals surface area contributed by atoms with Crippen molar-refractivity contribution in [2.24, 2.45) is 58.2 Å². The van der Waals surface area contributed by atoms with Gasteiger partial charge in [-0.2, -0.15) is 0 Å². The number of carbonyl (C=O) groups is 1. The highest BCUT2D eigenvalue weighted by Crippen LogP contribution is 2.67. The minimum Gasteiger partial charge on any atom is -0.463 e. The maximum Gasteiger partial charge on any atom is 0.308 e. The van der Waals surface area contributed by atoms with Gasteiger partial charge in [-0.15, -0.1) is 0 Å². The predicted octanol–water partition coefficient (Wildman–Crippen LogP) is 7.45. The second kappa shape index (κ2) is 15.1. The Bertz CT molecular complexity index is 1090. The summed E-state index contributed by atoms with van der Waals surface area (Å²) in [4.78, 5) is 12.2. The fourth-order valence-electron chi connectivity index (χ4n) is 11.2. The highest BCUT2D eigenvalue weighted by atomic mass is 16.7. The highest BCUT2D eigenvalue weighted by molar-refractivity contribution is 5.71. The van der Waals surface area contributed by atoms with Gasteiger partial charge in [-0.1, -0.05) is 79.9 Å². The Labute approximate surface area is 285 Å². The molecule has 0 aromatic carbocycles. The number of rotatable bonds is 12. The zero-order chi connectivity index (χ0) is 34.3. The zero-order valence-corrected chi connectivity index (χ0v) is 30.8. The standard InChI is InChI=1S/C40H68O7/c1-9-24(5)37(44)45-22-33-34(41)35(42)36(43)38(47-33)46-28-17-19-39(7)27(21-28)13-14-29-31-16-15-30(40(31,8)20-18-32(29)39)25(6)11-12-26(10-2)23(3)4/h13,23-26,28-36,38,41-43H,9-12,14-22H2,1-8H3/t24-,25+,26+,28-,29-,30+,31-,32-,33+,34+,35-,36+,38+,39-,40+/m0/s1. The van der Waals surface area contributed by atoms with E-state index in [1.165, 1.54) is 50.5 Å². The summed E-state index contributed by atoms with van der Waals surface area (Å²) in [6.07, 6.45) is 10.2. The van der Waals surface area contributed by atoms with E-state index in [9.17, 15) is 20.1 Å². The van der Waals surface area contributed by atoms with Gasteiger partial charge < -0.3 is 29.5 Å². The molecule has 5 rings (SSSR count). The first-order valence-electron chi connectivity index (χ1n) is 19.5. The Morgan fingerprint density at radius 2 is 1.68 bits per heavy atom. The minimum atomic E-state index is -1.44. The molecular formula is C40H68O7. The van der Waals surface area contributed by atoms with Crippen molar-refractivity contribution in [3.05, 3.63) is 11.6 Å². The molecule has 270 valence electrons. The summed E-state index contributed by atoms with van der Waals surface area (Å²) in [7, 11) is 0. The molecule has 1 saturated heterocycles. The summed E-state index contributed by atoms with van der Waals surface area (Å²) in [5, 5.41) is 32.0. The molecule has 7 nitrogen and oxygen atoms in total. The van der Waals surface area contributed by atoms with Crippen LogP contribution in [0.15, 0.2) is 11.6 Å². The van der Waals surface area contributed by atoms with E-state index in [1.807, 2.05) is 6.92 Å². The second-order valence-corrected chi connectivity index (χ2v) is 17.4. The Morgan fingerprint density at radius 1 is 0.936 bits per heavy atom. The van der Waals surface area contributed by atoms with Crippen molar-refractivity contribution >= 4 is 5.97 Å². The molecule has 0 amide bonds. The molecule has 0 radical (unpaired) electrons. The van der Waals surface area contributed by atoms with Crippen LogP contribution in [0, 0.1) is 58.2 Å². The largest absolute Gasteiger partial charge is 0.463 e. The van der Waals surface area contributed by atoms with Crippen LogP contribution in [0.1, 0.15) is 132 Å². The molecule has 5 aliphatic rings. The van der Waals surface area contributed by atoms with Crippen LogP contribution in [0.2, 0.25) is 0 Å². The number of esters is 1. The van der Waals surface area contributed by atoms with E-state index in [1.54, 1.807) is 6.92 Å². The molecule has 1 aliphatic heterocycles. The van der Waals surface area contributed by atoms with Crippen LogP contribution in [-0.2, 0) is 19.0 Å². The van der Waals surface area contributed by atoms with Crippen molar-refractivity contribution in [2.45, 2.75) is 169 Å². The molecule has 1 heterocycles. The van der Waals surface area contributed by atoms with Gasteiger partial charge in [0.1, 0.15) is 31.0 Å². The van der Waals surface area contributed by atoms with Crippen molar-refractivity contribution < 1.29 is 34.3 Å². The molecule has 3 saturated carbocycles. The van der Waals surface area contributed by atoms with Crippen LogP contribution < -0.4 is 0 Å². The van der Waals surface area contributed by atoms with Gasteiger partial charge in [-0.05, 0) is 116 Å². The number of aliphatic hydroxyl groups is 3. The maximum atomic E-state index is 12.2. The molecule has 7 heteroatoms. The first-order valence-corrected chi connectivity index (χ1v) is 19.5. The van der Waals surface area contributed by atoms with Crippen LogP contribution in [0.5, 0.6) is 0 Å². The third kappa shape index (κ3) is 7.27. The third-order valence-electron chi connectivity index (χ3n) is 14.7. The first-order chi connectivity index (χ1) is 22.2. The minimum absolute atomic E-state index is 0.139. The molecule has 0 aromatic rings. The Morgan fingerprint density at radius 3 is 2.36 bits per heavy atom. The molecular weight excluding hydrogens is 592 g/mol. The monoisotopic (exact) mass is 660 g/mol. The van der Waals surface area contributed by atoms with Crippen molar-refractivity contribution in [3.8, 4) is 0 Å². The lowest BCUT2D eigenvalue weighted by Gasteiger charge is -2.58. The van der Waals surface area contributed by atoms with E-state index in [2.05, 4.69) is 47.6 Å². The van der Waals surface area contributed by atoms with Gasteiger partial charge in [0.15, 0.2) is 6.29 Å². The van der Waals surface area contributed by atoms with E-state index in [4.69, 9.17) is 14.2 Å². The van der Waals surface area contributed by atoms with E-state index >= 15 is 0 Å². The van der Waals surface area contributed by atoms with E-state index < -0.39 is 30.7 Å². The SMILES string of the molecule is CC[C@H](CC[C@@H](C)[C@H]1CC[C@H]2[C@@H]3CC=C4C[C@@H](O[C@@H]5O[C@H](COC(=O)[C@@H](C)CC)[C@@H](O)[C@H](O)[C@H]5O)CC[C@]4(C)[C@H]3CC[C@]12C)C(C)C. The lowest BCUT2D eigenvalue weighted by Crippen LogP contribution is -2.60. The van der Waals surface area contributed by atoms with Gasteiger partial charge in [0.2, 0.25) is 0 Å². The lowest BCUT2D eigenvalue weighted by molar-refractivity contribution is -0.313. The predicted molar refractivity (Wildman–Crippen MR) is 184 cm³/mol. The summed E-state index contributed by atoms with van der Waals surface area (Å²) >= 11 is 0. The molecule has 0 bridgehead atoms. The number of aliphatic hydroxyl groups excluding tert-OH is 3. The van der Waals surface area contributed by atoms with Gasteiger partial charge >= 0.3 is 5.97 Å². The normalized spacial score (nSPS) is 43.7. The van der Waals surface area contributed by atoms with Crippen molar-refractivity contribution in [1.82, 2.24) is 0 Å². The molecule has 47 heavy (non-hydrogen) atoms. The first kappa shape index (κ1) is 37.3. The Balaban J connectivity index is 1.21. The number of carbonyl (C=O) groups excluding carboxylic acids is 1. The lowest BCUT2D eigenvalue weighted by atomic mass is 9.47. The number of ether oxygens (including phenoxy) is 3. The third-order valence-corrected chi connectivity index (χ3v) is 14.7. The van der Waals surface area contributed by atoms with Crippen molar-refractivity contribution in [1.29, 1.82) is 0 Å². The maximum absolute atomic E-state index is 12.2. The molecule has 4 fully saturated rings. The number of fused-ring (bicyclic) bond motifs is 5. The highest BCUT2D eigenvalue weighted by Gasteiger charge is 2.59. The van der Waals surface area contributed by atoms with Gasteiger partial charge in [-0.3, -0.25) is 4.79 Å². The zero-order valence-electron chi connectivity index (χ0n) is 30.8. The number of hydrogen-bond acceptors (Lipinski definition) is 7. The summed E-state index contributed by atoms with van der Waals surface area (Å²) < 4.78 is 17.7. The van der Waals surface area contributed by atoms with Gasteiger partial charge in [0, 0.05) is 0 Å². The summed E-state index contributed by atoms with van der Waals surface area (Å²) in [5.74, 6) is 4.93. The van der Waals surface area contributed by atoms with E-state index in [-0.39, 0.29) is 30.0 Å². The van der Waals surface area contributed by atoms with Crippen LogP contribution in [0.25, 0.3) is 0 Å². The Kier molecular flexibility index (Phi) is 12.0. The van der Waals surface area contributed by atoms with E-state index in [0.717, 1.165) is 61.2 Å². The average Bonchev–Trinajstić information content (AvgIpc) is 3.41. The molecule has 0 unspecified atom stereocenters. The molecule has 0 aromatic heterocycles. The summed E-state index contributed by atoms with van der Waals surface area (Å²) in [5.41, 5.74) is 2.13. The summed E-state index contributed by atoms with van der Waals surface area (Å²) in [6.45, 7) is 18.4. The van der Waals surface area contributed by atoms with E-state index in [0.29, 0.717) is 17.8 Å². The quantitative estimate of drug-likeness (QED) is 0.148. The number of hydrogen-bond donors (Lipinski definition) is 3. The van der Waals surface area contributed by atoms with Crippen molar-refractivity contribution in [3.63, 3.8) is 0 Å². The molecule has 0 spiro atoms. The fraction of sp³-hybridized carbons (Fsp3) is 0.925. The van der Waals surface area contributed by atoms with Gasteiger partial charge in [0.25, 0.3) is 0 Å². The molecule has 15 atom stereocenters. The topological polar surface area (TPSA) is 105 Å². The van der Waals surface area contributed by atoms with Crippen LogP contribution in [0.3, 0.4) is 0 Å². The van der Waals surface area contributed by atoms with Gasteiger partial charge in [0.05, 0.1) is 12.0 Å². The average molecular weight is 661 g/mol. The Hall–Kier alpha value is -0.990. The molecule has 4 aliphatic carbocycles. The molecule has 3 N–H and O–H groups in total.